The van der Waals surface area contributed by atoms with E-state index in [9.17, 15) is 5.11 Å². The van der Waals surface area contributed by atoms with Gasteiger partial charge in [-0.15, -0.1) is 0 Å². The highest BCUT2D eigenvalue weighted by Gasteiger charge is 2.05. The minimum Gasteiger partial charge on any atom is -0.508 e. The molecule has 0 bridgehead atoms. The fourth-order valence-electron chi connectivity index (χ4n) is 1.43. The number of hydrogen-bond donors (Lipinski definition) is 1. The molecule has 1 rings (SSSR count). The van der Waals surface area contributed by atoms with Gasteiger partial charge in [-0.05, 0) is 36.5 Å². The van der Waals surface area contributed by atoms with Gasteiger partial charge < -0.3 is 5.11 Å². The van der Waals surface area contributed by atoms with Crippen LogP contribution in [0, 0.1) is 0 Å². The lowest BCUT2D eigenvalue weighted by Crippen LogP contribution is -1.92. The van der Waals surface area contributed by atoms with Gasteiger partial charge in [-0.2, -0.15) is 0 Å². The van der Waals surface area contributed by atoms with Crippen molar-refractivity contribution in [1.82, 2.24) is 0 Å². The molecule has 0 atom stereocenters. The summed E-state index contributed by atoms with van der Waals surface area (Å²) in [5, 5.41) is 9.62. The van der Waals surface area contributed by atoms with Crippen LogP contribution in [0.3, 0.4) is 0 Å². The highest BCUT2D eigenvalue weighted by atomic mass is 16.3. The number of allylic oxidation sites excluding steroid dienone is 1. The van der Waals surface area contributed by atoms with E-state index in [0.717, 1.165) is 17.6 Å². The minimum absolute atomic E-state index is 0.373. The molecule has 0 saturated heterocycles. The fraction of sp³-hybridized carbons (Fsp3) is 0.385. The molecule has 0 saturated carbocycles. The second kappa shape index (κ2) is 4.32. The molecule has 0 aliphatic rings. The Balaban J connectivity index is 3.02. The van der Waals surface area contributed by atoms with Crippen LogP contribution in [0.25, 0.3) is 0 Å². The molecule has 1 aromatic rings. The number of benzene rings is 1. The second-order valence-electron chi connectivity index (χ2n) is 4.18. The van der Waals surface area contributed by atoms with E-state index in [2.05, 4.69) is 26.5 Å². The topological polar surface area (TPSA) is 20.2 Å². The summed E-state index contributed by atoms with van der Waals surface area (Å²) in [6, 6.07) is 5.81. The molecule has 0 spiro atoms. The third kappa shape index (κ3) is 2.63. The fourth-order valence-corrected chi connectivity index (χ4v) is 1.43. The second-order valence-corrected chi connectivity index (χ2v) is 4.18. The van der Waals surface area contributed by atoms with E-state index in [4.69, 9.17) is 0 Å². The number of phenolic OH excluding ortho intramolecular Hbond substituents is 1. The number of aromatic hydroxyl groups is 1. The predicted molar refractivity (Wildman–Crippen MR) is 60.7 cm³/mol. The van der Waals surface area contributed by atoms with Crippen LogP contribution in [-0.4, -0.2) is 5.11 Å². The van der Waals surface area contributed by atoms with E-state index in [1.807, 2.05) is 13.0 Å². The Morgan fingerprint density at radius 2 is 2.07 bits per heavy atom. The Morgan fingerprint density at radius 3 is 2.57 bits per heavy atom. The molecular weight excluding hydrogens is 172 g/mol. The van der Waals surface area contributed by atoms with Crippen LogP contribution >= 0.6 is 0 Å². The molecule has 1 N–H and O–H groups in total. The van der Waals surface area contributed by atoms with Crippen molar-refractivity contribution < 1.29 is 5.11 Å². The summed E-state index contributed by atoms with van der Waals surface area (Å²) in [5.41, 5.74) is 3.31. The van der Waals surface area contributed by atoms with Gasteiger partial charge in [-0.1, -0.05) is 38.1 Å². The van der Waals surface area contributed by atoms with Crippen molar-refractivity contribution in [2.24, 2.45) is 0 Å². The van der Waals surface area contributed by atoms with Crippen molar-refractivity contribution in [2.75, 3.05) is 0 Å². The molecule has 1 heteroatoms. The van der Waals surface area contributed by atoms with Gasteiger partial charge in [0.05, 0.1) is 0 Å². The summed E-state index contributed by atoms with van der Waals surface area (Å²) in [5.74, 6) is 0.872. The van der Waals surface area contributed by atoms with Gasteiger partial charge in [0.1, 0.15) is 5.75 Å². The Kier molecular flexibility index (Phi) is 3.34. The van der Waals surface area contributed by atoms with Crippen LogP contribution in [0.5, 0.6) is 5.75 Å². The summed E-state index contributed by atoms with van der Waals surface area (Å²) >= 11 is 0. The maximum Gasteiger partial charge on any atom is 0.119 e. The maximum atomic E-state index is 9.62. The van der Waals surface area contributed by atoms with Gasteiger partial charge in [0.25, 0.3) is 0 Å². The molecule has 0 heterocycles. The van der Waals surface area contributed by atoms with E-state index in [-0.39, 0.29) is 0 Å². The lowest BCUT2D eigenvalue weighted by Gasteiger charge is -2.10. The quantitative estimate of drug-likeness (QED) is 0.721. The number of hydrogen-bond acceptors (Lipinski definition) is 1. The van der Waals surface area contributed by atoms with Crippen LogP contribution in [0.4, 0.5) is 0 Å². The Morgan fingerprint density at radius 1 is 1.43 bits per heavy atom. The lowest BCUT2D eigenvalue weighted by atomic mass is 9.97. The molecule has 0 fully saturated rings. The van der Waals surface area contributed by atoms with Gasteiger partial charge in [0, 0.05) is 0 Å². The van der Waals surface area contributed by atoms with Crippen molar-refractivity contribution in [3.63, 3.8) is 0 Å². The van der Waals surface area contributed by atoms with Crippen LogP contribution in [0.2, 0.25) is 0 Å². The summed E-state index contributed by atoms with van der Waals surface area (Å²) in [6.45, 7) is 10.1. The average molecular weight is 190 g/mol. The van der Waals surface area contributed by atoms with Crippen LogP contribution < -0.4 is 0 Å². The Bertz CT molecular complexity index is 337. The SMILES string of the molecule is C=C(C)Cc1cc(C(C)C)ccc1O. The van der Waals surface area contributed by atoms with Crippen LogP contribution in [-0.2, 0) is 6.42 Å². The smallest absolute Gasteiger partial charge is 0.119 e. The van der Waals surface area contributed by atoms with E-state index in [1.54, 1.807) is 6.07 Å². The van der Waals surface area contributed by atoms with Gasteiger partial charge in [0.2, 0.25) is 0 Å². The largest absolute Gasteiger partial charge is 0.508 e. The van der Waals surface area contributed by atoms with Crippen LogP contribution in [0.1, 0.15) is 37.8 Å². The average Bonchev–Trinajstić information content (AvgIpc) is 2.07. The van der Waals surface area contributed by atoms with E-state index in [0.29, 0.717) is 11.7 Å². The molecule has 1 aromatic carbocycles. The zero-order valence-electron chi connectivity index (χ0n) is 9.17. The zero-order valence-corrected chi connectivity index (χ0v) is 9.17. The van der Waals surface area contributed by atoms with Crippen molar-refractivity contribution >= 4 is 0 Å². The third-order valence-corrected chi connectivity index (χ3v) is 2.26. The van der Waals surface area contributed by atoms with Crippen LogP contribution in [0.15, 0.2) is 30.4 Å². The first kappa shape index (κ1) is 10.8. The summed E-state index contributed by atoms with van der Waals surface area (Å²) < 4.78 is 0. The summed E-state index contributed by atoms with van der Waals surface area (Å²) in [4.78, 5) is 0. The van der Waals surface area contributed by atoms with Gasteiger partial charge in [-0.25, -0.2) is 0 Å². The van der Waals surface area contributed by atoms with E-state index < -0.39 is 0 Å². The molecule has 14 heavy (non-hydrogen) atoms. The van der Waals surface area contributed by atoms with Gasteiger partial charge >= 0.3 is 0 Å². The Labute approximate surface area is 86.1 Å². The number of rotatable bonds is 3. The van der Waals surface area contributed by atoms with Crippen molar-refractivity contribution in [3.8, 4) is 5.75 Å². The van der Waals surface area contributed by atoms with E-state index in [1.165, 1.54) is 5.56 Å². The highest BCUT2D eigenvalue weighted by molar-refractivity contribution is 5.39. The summed E-state index contributed by atoms with van der Waals surface area (Å²) in [7, 11) is 0. The standard InChI is InChI=1S/C13H18O/c1-9(2)7-12-8-11(10(3)4)5-6-13(12)14/h5-6,8,10,14H,1,7H2,2-4H3. The first-order chi connectivity index (χ1) is 6.50. The maximum absolute atomic E-state index is 9.62. The molecule has 0 unspecified atom stereocenters. The molecular formula is C13H18O. The highest BCUT2D eigenvalue weighted by Crippen LogP contribution is 2.24. The lowest BCUT2D eigenvalue weighted by molar-refractivity contribution is 0.469. The summed E-state index contributed by atoms with van der Waals surface area (Å²) in [6.07, 6.45) is 0.756. The van der Waals surface area contributed by atoms with E-state index >= 15 is 0 Å². The molecule has 0 aromatic heterocycles. The molecule has 1 nitrogen and oxygen atoms in total. The molecule has 0 aliphatic carbocycles. The third-order valence-electron chi connectivity index (χ3n) is 2.26. The first-order valence-electron chi connectivity index (χ1n) is 4.97. The zero-order chi connectivity index (χ0) is 10.7. The van der Waals surface area contributed by atoms with Gasteiger partial charge in [-0.3, -0.25) is 0 Å². The van der Waals surface area contributed by atoms with Crippen molar-refractivity contribution in [2.45, 2.75) is 33.1 Å². The Hall–Kier alpha value is -1.24. The number of phenols is 1. The van der Waals surface area contributed by atoms with Crippen molar-refractivity contribution in [1.29, 1.82) is 0 Å². The first-order valence-corrected chi connectivity index (χ1v) is 4.97. The normalized spacial score (nSPS) is 10.6. The molecule has 76 valence electrons. The monoisotopic (exact) mass is 190 g/mol. The molecule has 0 aliphatic heterocycles. The molecule has 0 amide bonds. The predicted octanol–water partition coefficient (Wildman–Crippen LogP) is 3.63. The van der Waals surface area contributed by atoms with Gasteiger partial charge in [0.15, 0.2) is 0 Å². The molecule has 0 radical (unpaired) electrons. The minimum atomic E-state index is 0.373. The van der Waals surface area contributed by atoms with Crippen molar-refractivity contribution in [3.05, 3.63) is 41.5 Å².